The van der Waals surface area contributed by atoms with Gasteiger partial charge in [-0.1, -0.05) is 0 Å². The molecule has 1 saturated carbocycles. The van der Waals surface area contributed by atoms with Crippen LogP contribution in [-0.4, -0.2) is 40.6 Å². The van der Waals surface area contributed by atoms with Gasteiger partial charge in [-0.15, -0.1) is 0 Å². The average Bonchev–Trinajstić information content (AvgIpc) is 3.46. The molecule has 0 radical (unpaired) electrons. The summed E-state index contributed by atoms with van der Waals surface area (Å²) in [5, 5.41) is 7.57. The highest BCUT2D eigenvalue weighted by atomic mass is 32.2. The Hall–Kier alpha value is -3.86. The van der Waals surface area contributed by atoms with Crippen molar-refractivity contribution in [1.82, 2.24) is 19.7 Å². The van der Waals surface area contributed by atoms with E-state index in [4.69, 9.17) is 4.18 Å². The lowest BCUT2D eigenvalue weighted by atomic mass is 10.2. The third kappa shape index (κ3) is 4.46. The predicted molar refractivity (Wildman–Crippen MR) is 127 cm³/mol. The summed E-state index contributed by atoms with van der Waals surface area (Å²) in [6.45, 7) is 2.52. The Morgan fingerprint density at radius 3 is 2.65 bits per heavy atom. The number of aromatic nitrogens is 4. The number of imidazole rings is 1. The van der Waals surface area contributed by atoms with Crippen LogP contribution in [0.25, 0.3) is 11.0 Å². The summed E-state index contributed by atoms with van der Waals surface area (Å²) in [4.78, 5) is 20.5. The second-order valence-corrected chi connectivity index (χ2v) is 9.86. The van der Waals surface area contributed by atoms with Crippen molar-refractivity contribution in [3.8, 4) is 5.75 Å². The molecule has 5 rings (SSSR count). The molecule has 0 saturated heterocycles. The lowest BCUT2D eigenvalue weighted by molar-refractivity contribution is -0.107. The Kier molecular flexibility index (Phi) is 5.48. The van der Waals surface area contributed by atoms with E-state index in [1.54, 1.807) is 33.8 Å². The summed E-state index contributed by atoms with van der Waals surface area (Å²) in [7, 11) is -2.16. The Labute approximate surface area is 196 Å². The molecule has 0 atom stereocenters. The van der Waals surface area contributed by atoms with Crippen LogP contribution in [0, 0.1) is 6.92 Å². The van der Waals surface area contributed by atoms with Crippen molar-refractivity contribution in [3.05, 3.63) is 59.9 Å². The molecule has 1 fully saturated rings. The van der Waals surface area contributed by atoms with Crippen LogP contribution in [0.5, 0.6) is 5.75 Å². The van der Waals surface area contributed by atoms with Crippen molar-refractivity contribution in [2.75, 3.05) is 10.2 Å². The van der Waals surface area contributed by atoms with E-state index in [9.17, 15) is 13.2 Å². The number of amides is 1. The van der Waals surface area contributed by atoms with Crippen molar-refractivity contribution in [3.63, 3.8) is 0 Å². The maximum absolute atomic E-state index is 12.8. The van der Waals surface area contributed by atoms with E-state index in [1.165, 1.54) is 18.2 Å². The highest BCUT2D eigenvalue weighted by molar-refractivity contribution is 7.87. The predicted octanol–water partition coefficient (Wildman–Crippen LogP) is 3.11. The molecule has 2 N–H and O–H groups in total. The summed E-state index contributed by atoms with van der Waals surface area (Å²) < 4.78 is 32.7. The third-order valence-electron chi connectivity index (χ3n) is 5.69. The van der Waals surface area contributed by atoms with Crippen LogP contribution in [0.3, 0.4) is 0 Å². The van der Waals surface area contributed by atoms with Crippen LogP contribution in [0.4, 0.5) is 11.6 Å². The molecule has 10 nitrogen and oxygen atoms in total. The number of fused-ring (bicyclic) bond motifs is 1. The maximum Gasteiger partial charge on any atom is 0.339 e. The summed E-state index contributed by atoms with van der Waals surface area (Å²) in [6.07, 6.45) is 4.59. The molecule has 2 aromatic carbocycles. The van der Waals surface area contributed by atoms with Gasteiger partial charge in [0.15, 0.2) is 0 Å². The molecule has 4 aromatic rings. The summed E-state index contributed by atoms with van der Waals surface area (Å²) in [5.74, 6) is 0.584. The summed E-state index contributed by atoms with van der Waals surface area (Å²) in [6, 6.07) is 11.3. The Bertz CT molecular complexity index is 1450. The van der Waals surface area contributed by atoms with Gasteiger partial charge < -0.3 is 14.5 Å². The van der Waals surface area contributed by atoms with Gasteiger partial charge in [-0.2, -0.15) is 13.5 Å². The third-order valence-corrected chi connectivity index (χ3v) is 6.95. The zero-order chi connectivity index (χ0) is 23.9. The van der Waals surface area contributed by atoms with E-state index < -0.39 is 10.1 Å². The number of hydrogen-bond donors (Lipinski definition) is 2. The molecule has 1 aliphatic carbocycles. The van der Waals surface area contributed by atoms with E-state index in [1.807, 2.05) is 20.2 Å². The average molecular weight is 481 g/mol. The van der Waals surface area contributed by atoms with Gasteiger partial charge in [0.1, 0.15) is 10.6 Å². The fourth-order valence-corrected chi connectivity index (χ4v) is 4.66. The van der Waals surface area contributed by atoms with Gasteiger partial charge in [0.05, 0.1) is 16.7 Å². The zero-order valence-corrected chi connectivity index (χ0v) is 19.5. The van der Waals surface area contributed by atoms with Crippen molar-refractivity contribution in [2.45, 2.75) is 37.2 Å². The second kappa shape index (κ2) is 8.49. The number of carbonyl (C=O) groups excluding carboxylic acids is 1. The number of anilines is 2. The topological polar surface area (TPSA) is 122 Å². The van der Waals surface area contributed by atoms with Gasteiger partial charge in [-0.05, 0) is 56.2 Å². The van der Waals surface area contributed by atoms with Crippen LogP contribution in [0.15, 0.2) is 53.6 Å². The van der Waals surface area contributed by atoms with Crippen LogP contribution >= 0.6 is 0 Å². The number of nitrogens with one attached hydrogen (secondary N) is 2. The minimum atomic E-state index is -4.03. The number of benzene rings is 2. The first kappa shape index (κ1) is 22.0. The van der Waals surface area contributed by atoms with Crippen molar-refractivity contribution in [1.29, 1.82) is 0 Å². The number of rotatable bonds is 9. The normalized spacial score (nSPS) is 13.7. The van der Waals surface area contributed by atoms with Crippen molar-refractivity contribution >= 4 is 39.2 Å². The summed E-state index contributed by atoms with van der Waals surface area (Å²) in [5.41, 5.74) is 3.98. The molecule has 176 valence electrons. The van der Waals surface area contributed by atoms with E-state index in [0.29, 0.717) is 23.5 Å². The van der Waals surface area contributed by atoms with Crippen molar-refractivity contribution < 1.29 is 17.4 Å². The number of nitrogens with zero attached hydrogens (tertiary/aromatic N) is 4. The standard InChI is InChI=1S/C23H24N6O4S/c1-15-16(13-28(2)27-15)12-24-17-3-8-20(9-4-17)34(31,32)33-19-7-10-21-22(11-19)26-23(25-21)29(14-30)18-5-6-18/h3-4,7-11,13-14,18,24H,5-6,12H2,1-2H3,(H,25,26). The summed E-state index contributed by atoms with van der Waals surface area (Å²) >= 11 is 0. The van der Waals surface area contributed by atoms with Gasteiger partial charge in [-0.3, -0.25) is 14.4 Å². The number of aryl methyl sites for hydroxylation is 2. The maximum atomic E-state index is 12.8. The van der Waals surface area contributed by atoms with Crippen molar-refractivity contribution in [2.24, 2.45) is 7.05 Å². The smallest absolute Gasteiger partial charge is 0.339 e. The first-order valence-corrected chi connectivity index (χ1v) is 12.2. The number of aromatic amines is 1. The molecule has 0 spiro atoms. The molecule has 1 amide bonds. The van der Waals surface area contributed by atoms with Crippen LogP contribution < -0.4 is 14.4 Å². The largest absolute Gasteiger partial charge is 0.381 e. The van der Waals surface area contributed by atoms with Gasteiger partial charge in [0, 0.05) is 43.1 Å². The molecule has 0 unspecified atom stereocenters. The molecular formula is C23H24N6O4S. The van der Waals surface area contributed by atoms with E-state index >= 15 is 0 Å². The minimum absolute atomic E-state index is 0.0410. The highest BCUT2D eigenvalue weighted by Crippen LogP contribution is 2.31. The molecule has 34 heavy (non-hydrogen) atoms. The minimum Gasteiger partial charge on any atom is -0.381 e. The SMILES string of the molecule is Cc1nn(C)cc1CNc1ccc(S(=O)(=O)Oc2ccc3[nH]c(N(C=O)C4CC4)nc3c2)cc1. The van der Waals surface area contributed by atoms with Crippen LogP contribution in [0.1, 0.15) is 24.1 Å². The molecule has 1 aliphatic rings. The molecule has 0 bridgehead atoms. The fraction of sp³-hybridized carbons (Fsp3) is 0.261. The Morgan fingerprint density at radius 1 is 1.24 bits per heavy atom. The molecule has 11 heteroatoms. The van der Waals surface area contributed by atoms with Gasteiger partial charge >= 0.3 is 10.1 Å². The van der Waals surface area contributed by atoms with E-state index in [0.717, 1.165) is 36.2 Å². The molecule has 2 aromatic heterocycles. The second-order valence-electron chi connectivity index (χ2n) is 8.31. The van der Waals surface area contributed by atoms with Crippen LogP contribution in [0.2, 0.25) is 0 Å². The number of hydrogen-bond acceptors (Lipinski definition) is 7. The van der Waals surface area contributed by atoms with Gasteiger partial charge in [-0.25, -0.2) is 4.98 Å². The first-order chi connectivity index (χ1) is 16.3. The Morgan fingerprint density at radius 2 is 2.00 bits per heavy atom. The highest BCUT2D eigenvalue weighted by Gasteiger charge is 2.31. The zero-order valence-electron chi connectivity index (χ0n) is 18.7. The van der Waals surface area contributed by atoms with E-state index in [-0.39, 0.29) is 16.7 Å². The molecule has 2 heterocycles. The lowest BCUT2D eigenvalue weighted by Crippen LogP contribution is -2.24. The lowest BCUT2D eigenvalue weighted by Gasteiger charge is -2.11. The molecular weight excluding hydrogens is 456 g/mol. The van der Waals surface area contributed by atoms with Crippen LogP contribution in [-0.2, 0) is 28.5 Å². The first-order valence-electron chi connectivity index (χ1n) is 10.8. The molecule has 0 aliphatic heterocycles. The van der Waals surface area contributed by atoms with Gasteiger partial charge in [0.2, 0.25) is 12.4 Å². The monoisotopic (exact) mass is 480 g/mol. The van der Waals surface area contributed by atoms with E-state index in [2.05, 4.69) is 20.4 Å². The Balaban J connectivity index is 1.28. The van der Waals surface area contributed by atoms with Gasteiger partial charge in [0.25, 0.3) is 0 Å². The quantitative estimate of drug-likeness (QED) is 0.279. The number of carbonyl (C=O) groups is 1. The fourth-order valence-electron chi connectivity index (χ4n) is 3.74. The number of H-pyrrole nitrogens is 1.